The predicted molar refractivity (Wildman–Crippen MR) is 110 cm³/mol. The third kappa shape index (κ3) is 3.17. The van der Waals surface area contributed by atoms with Gasteiger partial charge in [-0.15, -0.1) is 0 Å². The van der Waals surface area contributed by atoms with Gasteiger partial charge in [0.05, 0.1) is 24.1 Å². The maximum absolute atomic E-state index is 13.4. The summed E-state index contributed by atoms with van der Waals surface area (Å²) in [6.45, 7) is 17.0. The molecule has 0 N–H and O–H groups in total. The van der Waals surface area contributed by atoms with E-state index in [0.717, 1.165) is 18.6 Å². The average Bonchev–Trinajstić information content (AvgIpc) is 2.52. The largest absolute Gasteiger partial charge is 0.546 e. The Hall–Kier alpha value is -1.14. The van der Waals surface area contributed by atoms with E-state index in [-0.39, 0.29) is 35.7 Å². The van der Waals surface area contributed by atoms with Crippen LogP contribution in [-0.2, 0) is 23.5 Å². The van der Waals surface area contributed by atoms with Gasteiger partial charge in [0.1, 0.15) is 0 Å². The fourth-order valence-electron chi connectivity index (χ4n) is 4.74. The first-order valence-electron chi connectivity index (χ1n) is 10.6. The van der Waals surface area contributed by atoms with Gasteiger partial charge in [-0.2, -0.15) is 0 Å². The van der Waals surface area contributed by atoms with Gasteiger partial charge in [-0.25, -0.2) is 0 Å². The van der Waals surface area contributed by atoms with Gasteiger partial charge in [0.25, 0.3) is 0 Å². The van der Waals surface area contributed by atoms with Crippen molar-refractivity contribution in [1.29, 1.82) is 0 Å². The number of ether oxygens (including phenoxy) is 2. The van der Waals surface area contributed by atoms with E-state index in [9.17, 15) is 9.59 Å². The monoisotopic (exact) mass is 408 g/mol. The first kappa shape index (κ1) is 21.6. The zero-order chi connectivity index (χ0) is 21.1. The van der Waals surface area contributed by atoms with Crippen LogP contribution in [0.15, 0.2) is 11.8 Å². The smallest absolute Gasteiger partial charge is 0.322 e. The number of rotatable bonds is 4. The number of esters is 1. The van der Waals surface area contributed by atoms with Gasteiger partial charge in [0.2, 0.25) is 8.32 Å². The first-order valence-corrected chi connectivity index (χ1v) is 13.5. The summed E-state index contributed by atoms with van der Waals surface area (Å²) < 4.78 is 18.5. The first-order chi connectivity index (χ1) is 12.8. The summed E-state index contributed by atoms with van der Waals surface area (Å²) in [5, 5.41) is 0.0747. The summed E-state index contributed by atoms with van der Waals surface area (Å²) >= 11 is 0. The van der Waals surface area contributed by atoms with Gasteiger partial charge in [-0.05, 0) is 57.8 Å². The van der Waals surface area contributed by atoms with Crippen molar-refractivity contribution in [3.05, 3.63) is 11.8 Å². The van der Waals surface area contributed by atoms with E-state index in [1.807, 2.05) is 13.8 Å². The van der Waals surface area contributed by atoms with Crippen LogP contribution in [0.4, 0.5) is 0 Å². The van der Waals surface area contributed by atoms with Crippen LogP contribution in [-0.4, -0.2) is 38.4 Å². The Morgan fingerprint density at radius 1 is 1.29 bits per heavy atom. The molecule has 0 spiro atoms. The molecule has 4 rings (SSSR count). The SMILES string of the molecule is CCOC(=O)[C@@]12C(=O)CC(C)(C)O[C@@H]1[C@H]1CC[C@@H]2C=C1O[Si](C)(C)C(C)(C)C. The van der Waals surface area contributed by atoms with Gasteiger partial charge in [0.15, 0.2) is 11.2 Å². The maximum Gasteiger partial charge on any atom is 0.322 e. The van der Waals surface area contributed by atoms with E-state index in [4.69, 9.17) is 13.9 Å². The molecule has 0 aromatic rings. The summed E-state index contributed by atoms with van der Waals surface area (Å²) in [5.74, 6) is 0.178. The normalized spacial score (nSPS) is 34.5. The molecule has 158 valence electrons. The van der Waals surface area contributed by atoms with Crippen LogP contribution >= 0.6 is 0 Å². The Bertz CT molecular complexity index is 702. The highest BCUT2D eigenvalue weighted by Gasteiger charge is 2.69. The molecular formula is C22H36O5Si. The topological polar surface area (TPSA) is 61.8 Å². The second-order valence-electron chi connectivity index (χ2n) is 10.7. The Balaban J connectivity index is 2.06. The van der Waals surface area contributed by atoms with Crippen LogP contribution in [0, 0.1) is 17.3 Å². The third-order valence-electron chi connectivity index (χ3n) is 7.20. The minimum absolute atomic E-state index is 0.0375. The highest BCUT2D eigenvalue weighted by atomic mass is 28.4. The molecular weight excluding hydrogens is 372 g/mol. The summed E-state index contributed by atoms with van der Waals surface area (Å²) in [6.07, 6.45) is 3.45. The van der Waals surface area contributed by atoms with E-state index in [1.54, 1.807) is 6.92 Å². The molecule has 4 aliphatic rings. The van der Waals surface area contributed by atoms with Crippen molar-refractivity contribution in [2.45, 2.75) is 90.6 Å². The van der Waals surface area contributed by atoms with Crippen molar-refractivity contribution in [3.8, 4) is 0 Å². The number of hydrogen-bond acceptors (Lipinski definition) is 5. The molecule has 28 heavy (non-hydrogen) atoms. The number of Topliss-reactive ketones (excluding diaryl/α,β-unsaturated/α-hetero) is 1. The third-order valence-corrected chi connectivity index (χ3v) is 11.6. The fourth-order valence-corrected chi connectivity index (χ4v) is 5.86. The molecule has 0 radical (unpaired) electrons. The number of fused-ring (bicyclic) bond motifs is 1. The zero-order valence-electron chi connectivity index (χ0n) is 18.7. The molecule has 5 nitrogen and oxygen atoms in total. The van der Waals surface area contributed by atoms with Crippen molar-refractivity contribution in [2.75, 3.05) is 6.61 Å². The van der Waals surface area contributed by atoms with Crippen molar-refractivity contribution in [3.63, 3.8) is 0 Å². The number of hydrogen-bond donors (Lipinski definition) is 0. The molecule has 0 aromatic carbocycles. The quantitative estimate of drug-likeness (QED) is 0.386. The number of carbonyl (C=O) groups is 2. The van der Waals surface area contributed by atoms with Gasteiger partial charge in [-0.3, -0.25) is 9.59 Å². The lowest BCUT2D eigenvalue weighted by Gasteiger charge is -2.58. The minimum atomic E-state index is -2.03. The van der Waals surface area contributed by atoms with Crippen LogP contribution in [0.25, 0.3) is 0 Å². The Morgan fingerprint density at radius 2 is 1.93 bits per heavy atom. The van der Waals surface area contributed by atoms with Crippen molar-refractivity contribution in [1.82, 2.24) is 0 Å². The summed E-state index contributed by atoms with van der Waals surface area (Å²) in [7, 11) is -2.03. The molecule has 4 atom stereocenters. The molecule has 0 aromatic heterocycles. The molecule has 2 bridgehead atoms. The van der Waals surface area contributed by atoms with Crippen LogP contribution in [0.1, 0.15) is 60.8 Å². The van der Waals surface area contributed by atoms with E-state index >= 15 is 0 Å². The van der Waals surface area contributed by atoms with Crippen molar-refractivity contribution < 1.29 is 23.5 Å². The zero-order valence-corrected chi connectivity index (χ0v) is 19.7. The minimum Gasteiger partial charge on any atom is -0.546 e. The van der Waals surface area contributed by atoms with Crippen LogP contribution in [0.2, 0.25) is 18.1 Å². The summed E-state index contributed by atoms with van der Waals surface area (Å²) in [6, 6.07) is 0. The van der Waals surface area contributed by atoms with Gasteiger partial charge in [0, 0.05) is 18.3 Å². The van der Waals surface area contributed by atoms with E-state index in [2.05, 4.69) is 39.9 Å². The second-order valence-corrected chi connectivity index (χ2v) is 15.4. The Labute approximate surface area is 170 Å². The number of carbonyl (C=O) groups excluding carboxylic acids is 2. The highest BCUT2D eigenvalue weighted by molar-refractivity contribution is 6.74. The molecule has 1 saturated heterocycles. The van der Waals surface area contributed by atoms with Crippen LogP contribution in [0.5, 0.6) is 0 Å². The van der Waals surface area contributed by atoms with Crippen molar-refractivity contribution >= 4 is 20.1 Å². The Morgan fingerprint density at radius 3 is 2.50 bits per heavy atom. The summed E-state index contributed by atoms with van der Waals surface area (Å²) in [5.41, 5.74) is -1.80. The highest BCUT2D eigenvalue weighted by Crippen LogP contribution is 2.59. The lowest BCUT2D eigenvalue weighted by Crippen LogP contribution is -2.68. The molecule has 0 unspecified atom stereocenters. The van der Waals surface area contributed by atoms with E-state index in [0.29, 0.717) is 0 Å². The predicted octanol–water partition coefficient (Wildman–Crippen LogP) is 4.62. The van der Waals surface area contributed by atoms with Gasteiger partial charge in [-0.1, -0.05) is 20.8 Å². The lowest BCUT2D eigenvalue weighted by molar-refractivity contribution is -0.224. The standard InChI is InChI=1S/C22H36O5Si/c1-9-25-19(24)22-14-10-11-15(18(22)26-21(5,6)13-17(22)23)16(12-14)27-28(7,8)20(2,3)4/h12,14-15,18H,9-11,13H2,1-8H3/t14-,15+,18-,22+/m1/s1. The maximum atomic E-state index is 13.4. The molecule has 6 heteroatoms. The second kappa shape index (κ2) is 6.69. The molecule has 1 aliphatic heterocycles. The van der Waals surface area contributed by atoms with Gasteiger partial charge < -0.3 is 13.9 Å². The average molecular weight is 409 g/mol. The van der Waals surface area contributed by atoms with E-state index in [1.165, 1.54) is 0 Å². The van der Waals surface area contributed by atoms with Crippen LogP contribution in [0.3, 0.4) is 0 Å². The summed E-state index contributed by atoms with van der Waals surface area (Å²) in [4.78, 5) is 26.5. The number of ketones is 1. The Kier molecular flexibility index (Phi) is 5.15. The number of allylic oxidation sites excluding steroid dienone is 1. The van der Waals surface area contributed by atoms with Crippen molar-refractivity contribution in [2.24, 2.45) is 17.3 Å². The lowest BCUT2D eigenvalue weighted by atomic mass is 9.52. The molecule has 1 heterocycles. The molecule has 2 fully saturated rings. The molecule has 3 aliphatic carbocycles. The fraction of sp³-hybridized carbons (Fsp3) is 0.818. The van der Waals surface area contributed by atoms with E-state index < -0.39 is 31.4 Å². The van der Waals surface area contributed by atoms with Crippen LogP contribution < -0.4 is 0 Å². The van der Waals surface area contributed by atoms with Gasteiger partial charge >= 0.3 is 5.97 Å². The molecule has 0 amide bonds. The molecule has 1 saturated carbocycles.